The number of morpholine rings is 1. The highest BCUT2D eigenvalue weighted by atomic mass is 35.5. The topological polar surface area (TPSA) is 85.5 Å². The van der Waals surface area contributed by atoms with Gasteiger partial charge < -0.3 is 20.5 Å². The molecule has 1 aliphatic rings. The van der Waals surface area contributed by atoms with Gasteiger partial charge in [-0.3, -0.25) is 4.90 Å². The summed E-state index contributed by atoms with van der Waals surface area (Å²) in [6, 6.07) is 7.95. The summed E-state index contributed by atoms with van der Waals surface area (Å²) in [5.74, 6) is 0.650. The summed E-state index contributed by atoms with van der Waals surface area (Å²) in [6.45, 7) is 4.66. The molecule has 1 aromatic heterocycles. The van der Waals surface area contributed by atoms with Gasteiger partial charge in [0.05, 0.1) is 29.4 Å². The normalized spacial score (nSPS) is 14.8. The Morgan fingerprint density at radius 1 is 1.21 bits per heavy atom. The van der Waals surface area contributed by atoms with Crippen LogP contribution >= 0.6 is 11.6 Å². The van der Waals surface area contributed by atoms with Crippen LogP contribution in [0.15, 0.2) is 36.7 Å². The lowest BCUT2D eigenvalue weighted by molar-refractivity contribution is 0.0323. The van der Waals surface area contributed by atoms with Gasteiger partial charge in [-0.2, -0.15) is 0 Å². The first kappa shape index (κ1) is 19.6. The first-order valence-electron chi connectivity index (χ1n) is 9.29. The zero-order chi connectivity index (χ0) is 20.2. The highest BCUT2D eigenvalue weighted by Crippen LogP contribution is 2.32. The Kier molecular flexibility index (Phi) is 5.94. The quantitative estimate of drug-likeness (QED) is 0.594. The van der Waals surface area contributed by atoms with E-state index >= 15 is 0 Å². The molecule has 7 nitrogen and oxygen atoms in total. The standard InChI is InChI=1S/C20H21ClFN5O2/c21-15-9-13(1-2-16(15)22)26-20-14-10-17(23)19(11-18(14)24-12-25-20)29-8-5-27-3-6-28-7-4-27/h1-2,9-12H,3-8,23H2,(H,24,25,26). The minimum atomic E-state index is -0.479. The average molecular weight is 418 g/mol. The number of benzene rings is 2. The van der Waals surface area contributed by atoms with Gasteiger partial charge in [0.2, 0.25) is 0 Å². The third-order valence-electron chi connectivity index (χ3n) is 4.72. The Bertz CT molecular complexity index is 1010. The van der Waals surface area contributed by atoms with Crippen molar-refractivity contribution in [2.24, 2.45) is 0 Å². The van der Waals surface area contributed by atoms with Gasteiger partial charge in [-0.15, -0.1) is 0 Å². The fourth-order valence-corrected chi connectivity index (χ4v) is 3.33. The second kappa shape index (κ2) is 8.77. The van der Waals surface area contributed by atoms with Gasteiger partial charge in [0.1, 0.15) is 30.3 Å². The van der Waals surface area contributed by atoms with Crippen LogP contribution in [0.1, 0.15) is 0 Å². The molecule has 4 rings (SSSR count). The molecule has 1 aliphatic heterocycles. The van der Waals surface area contributed by atoms with Gasteiger partial charge in [-0.1, -0.05) is 11.6 Å². The number of nitrogens with two attached hydrogens (primary N) is 1. The predicted octanol–water partition coefficient (Wildman–Crippen LogP) is 3.46. The van der Waals surface area contributed by atoms with Crippen LogP contribution in [0.5, 0.6) is 5.75 Å². The second-order valence-electron chi connectivity index (χ2n) is 6.69. The maximum atomic E-state index is 13.4. The molecule has 0 atom stereocenters. The molecule has 0 amide bonds. The van der Waals surface area contributed by atoms with Crippen molar-refractivity contribution in [3.8, 4) is 5.75 Å². The zero-order valence-corrected chi connectivity index (χ0v) is 16.5. The number of halogens is 2. The lowest BCUT2D eigenvalue weighted by atomic mass is 10.2. The number of anilines is 3. The lowest BCUT2D eigenvalue weighted by Gasteiger charge is -2.26. The molecule has 0 unspecified atom stereocenters. The van der Waals surface area contributed by atoms with E-state index in [4.69, 9.17) is 26.8 Å². The van der Waals surface area contributed by atoms with E-state index in [2.05, 4.69) is 20.2 Å². The molecule has 29 heavy (non-hydrogen) atoms. The zero-order valence-electron chi connectivity index (χ0n) is 15.7. The van der Waals surface area contributed by atoms with Gasteiger partial charge in [-0.05, 0) is 24.3 Å². The van der Waals surface area contributed by atoms with Crippen LogP contribution in [0.3, 0.4) is 0 Å². The summed E-state index contributed by atoms with van der Waals surface area (Å²) in [6.07, 6.45) is 1.45. The third-order valence-corrected chi connectivity index (χ3v) is 5.01. The van der Waals surface area contributed by atoms with Crippen LogP contribution in [0, 0.1) is 5.82 Å². The maximum absolute atomic E-state index is 13.4. The Labute approximate surface area is 172 Å². The molecular weight excluding hydrogens is 397 g/mol. The molecular formula is C20H21ClFN5O2. The van der Waals surface area contributed by atoms with Crippen LogP contribution in [-0.4, -0.2) is 54.3 Å². The Hall–Kier alpha value is -2.68. The highest BCUT2D eigenvalue weighted by molar-refractivity contribution is 6.31. The van der Waals surface area contributed by atoms with Crippen LogP contribution in [-0.2, 0) is 4.74 Å². The van der Waals surface area contributed by atoms with Gasteiger partial charge in [0.25, 0.3) is 0 Å². The number of ether oxygens (including phenoxy) is 2. The van der Waals surface area contributed by atoms with E-state index in [1.807, 2.05) is 0 Å². The summed E-state index contributed by atoms with van der Waals surface area (Å²) in [5, 5.41) is 3.89. The Morgan fingerprint density at radius 2 is 2.03 bits per heavy atom. The number of hydrogen-bond donors (Lipinski definition) is 2. The van der Waals surface area contributed by atoms with Crippen molar-refractivity contribution in [2.75, 3.05) is 50.5 Å². The van der Waals surface area contributed by atoms with E-state index in [1.165, 1.54) is 18.5 Å². The SMILES string of the molecule is Nc1cc2c(Nc3ccc(F)c(Cl)c3)ncnc2cc1OCCN1CCOCC1. The summed E-state index contributed by atoms with van der Waals surface area (Å²) in [4.78, 5) is 10.9. The molecule has 1 fully saturated rings. The fraction of sp³-hybridized carbons (Fsp3) is 0.300. The molecule has 0 radical (unpaired) electrons. The molecule has 2 aromatic carbocycles. The number of hydrogen-bond acceptors (Lipinski definition) is 7. The molecule has 9 heteroatoms. The Morgan fingerprint density at radius 3 is 2.83 bits per heavy atom. The predicted molar refractivity (Wildman–Crippen MR) is 111 cm³/mol. The number of nitrogens with one attached hydrogen (secondary N) is 1. The summed E-state index contributed by atoms with van der Waals surface area (Å²) in [7, 11) is 0. The third kappa shape index (κ3) is 4.67. The molecule has 0 saturated carbocycles. The molecule has 152 valence electrons. The molecule has 0 aliphatic carbocycles. The van der Waals surface area contributed by atoms with Crippen LogP contribution < -0.4 is 15.8 Å². The largest absolute Gasteiger partial charge is 0.490 e. The van der Waals surface area contributed by atoms with Crippen LogP contribution in [0.2, 0.25) is 5.02 Å². The van der Waals surface area contributed by atoms with E-state index < -0.39 is 5.82 Å². The molecule has 3 N–H and O–H groups in total. The van der Waals surface area contributed by atoms with Gasteiger partial charge in [0, 0.05) is 36.8 Å². The summed E-state index contributed by atoms with van der Waals surface area (Å²) < 4.78 is 24.6. The van der Waals surface area contributed by atoms with Crippen LogP contribution in [0.25, 0.3) is 10.9 Å². The fourth-order valence-electron chi connectivity index (χ4n) is 3.15. The Balaban J connectivity index is 1.51. The number of nitrogens with zero attached hydrogens (tertiary/aromatic N) is 3. The van der Waals surface area contributed by atoms with E-state index in [9.17, 15) is 4.39 Å². The second-order valence-corrected chi connectivity index (χ2v) is 7.09. The summed E-state index contributed by atoms with van der Waals surface area (Å²) >= 11 is 5.85. The maximum Gasteiger partial charge on any atom is 0.144 e. The van der Waals surface area contributed by atoms with Crippen LogP contribution in [0.4, 0.5) is 21.6 Å². The van der Waals surface area contributed by atoms with E-state index in [0.29, 0.717) is 35.1 Å². The summed E-state index contributed by atoms with van der Waals surface area (Å²) in [5.41, 5.74) is 7.99. The lowest BCUT2D eigenvalue weighted by Crippen LogP contribution is -2.38. The molecule has 0 bridgehead atoms. The molecule has 0 spiro atoms. The van der Waals surface area contributed by atoms with Crippen molar-refractivity contribution in [1.29, 1.82) is 0 Å². The number of rotatable bonds is 6. The van der Waals surface area contributed by atoms with Crippen molar-refractivity contribution in [3.05, 3.63) is 47.5 Å². The van der Waals surface area contributed by atoms with E-state index in [1.54, 1.807) is 18.2 Å². The highest BCUT2D eigenvalue weighted by Gasteiger charge is 2.13. The van der Waals surface area contributed by atoms with Gasteiger partial charge >= 0.3 is 0 Å². The molecule has 2 heterocycles. The number of nitrogen functional groups attached to an aromatic ring is 1. The average Bonchev–Trinajstić information content (AvgIpc) is 2.72. The monoisotopic (exact) mass is 417 g/mol. The van der Waals surface area contributed by atoms with Crippen molar-refractivity contribution >= 4 is 39.7 Å². The van der Waals surface area contributed by atoms with E-state index in [-0.39, 0.29) is 5.02 Å². The number of fused-ring (bicyclic) bond motifs is 1. The molecule has 1 saturated heterocycles. The minimum absolute atomic E-state index is 0.0313. The first-order valence-corrected chi connectivity index (χ1v) is 9.67. The molecule has 3 aromatic rings. The van der Waals surface area contributed by atoms with Crippen molar-refractivity contribution in [2.45, 2.75) is 0 Å². The van der Waals surface area contributed by atoms with Crippen molar-refractivity contribution in [3.63, 3.8) is 0 Å². The van der Waals surface area contributed by atoms with Crippen molar-refractivity contribution < 1.29 is 13.9 Å². The van der Waals surface area contributed by atoms with E-state index in [0.717, 1.165) is 38.2 Å². The smallest absolute Gasteiger partial charge is 0.144 e. The minimum Gasteiger partial charge on any atom is -0.490 e. The first-order chi connectivity index (χ1) is 14.1. The van der Waals surface area contributed by atoms with Crippen molar-refractivity contribution in [1.82, 2.24) is 14.9 Å². The number of aromatic nitrogens is 2. The van der Waals surface area contributed by atoms with Gasteiger partial charge in [0.15, 0.2) is 0 Å². The van der Waals surface area contributed by atoms with Gasteiger partial charge in [-0.25, -0.2) is 14.4 Å².